The summed E-state index contributed by atoms with van der Waals surface area (Å²) in [7, 11) is 0. The first kappa shape index (κ1) is 16.7. The second-order valence-electron chi connectivity index (χ2n) is 6.62. The fourth-order valence-corrected chi connectivity index (χ4v) is 3.35. The van der Waals surface area contributed by atoms with Crippen LogP contribution in [0.3, 0.4) is 0 Å². The number of nitrogens with one attached hydrogen (secondary N) is 1. The van der Waals surface area contributed by atoms with E-state index in [0.717, 1.165) is 50.4 Å². The van der Waals surface area contributed by atoms with E-state index < -0.39 is 0 Å². The van der Waals surface area contributed by atoms with Crippen LogP contribution in [0.15, 0.2) is 30.3 Å². The molecule has 0 bridgehead atoms. The number of piperidine rings is 1. The molecule has 0 aliphatic carbocycles. The number of aryl methyl sites for hydroxylation is 2. The molecule has 3 rings (SSSR count). The van der Waals surface area contributed by atoms with Gasteiger partial charge in [0, 0.05) is 30.9 Å². The molecule has 24 heavy (non-hydrogen) atoms. The summed E-state index contributed by atoms with van der Waals surface area (Å²) in [5.74, 6) is 1.32. The average molecular weight is 325 g/mol. The van der Waals surface area contributed by atoms with Gasteiger partial charge in [0.05, 0.1) is 0 Å². The molecule has 0 spiro atoms. The minimum absolute atomic E-state index is 0.364. The predicted molar refractivity (Wildman–Crippen MR) is 99.3 cm³/mol. The maximum Gasteiger partial charge on any atom is 0.222 e. The molecular formula is C19H27N5. The molecule has 0 atom stereocenters. The Kier molecular flexibility index (Phi) is 5.30. The van der Waals surface area contributed by atoms with Crippen molar-refractivity contribution in [3.63, 3.8) is 0 Å². The van der Waals surface area contributed by atoms with Crippen molar-refractivity contribution in [1.29, 1.82) is 0 Å². The van der Waals surface area contributed by atoms with Crippen LogP contribution in [0.1, 0.15) is 29.7 Å². The van der Waals surface area contributed by atoms with Crippen LogP contribution in [0.5, 0.6) is 0 Å². The van der Waals surface area contributed by atoms with Crippen molar-refractivity contribution in [3.8, 4) is 0 Å². The fraction of sp³-hybridized carbons (Fsp3) is 0.474. The normalized spacial score (nSPS) is 15.7. The molecule has 0 radical (unpaired) electrons. The third-order valence-electron chi connectivity index (χ3n) is 4.77. The average Bonchev–Trinajstić information content (AvgIpc) is 2.56. The van der Waals surface area contributed by atoms with Gasteiger partial charge in [0.15, 0.2) is 0 Å². The SMILES string of the molecule is Cc1cc(N2CCC(NCCc3ccccc3C)CC2)nc(N)n1. The minimum Gasteiger partial charge on any atom is -0.368 e. The second kappa shape index (κ2) is 7.62. The topological polar surface area (TPSA) is 67.1 Å². The molecule has 1 aromatic heterocycles. The van der Waals surface area contributed by atoms with E-state index in [4.69, 9.17) is 5.73 Å². The molecule has 5 heteroatoms. The van der Waals surface area contributed by atoms with E-state index in [9.17, 15) is 0 Å². The largest absolute Gasteiger partial charge is 0.368 e. The maximum atomic E-state index is 5.77. The zero-order valence-corrected chi connectivity index (χ0v) is 14.6. The molecule has 1 aliphatic rings. The lowest BCUT2D eigenvalue weighted by Crippen LogP contribution is -2.43. The van der Waals surface area contributed by atoms with Crippen LogP contribution in [0.25, 0.3) is 0 Å². The molecule has 5 nitrogen and oxygen atoms in total. The van der Waals surface area contributed by atoms with Crippen molar-refractivity contribution < 1.29 is 0 Å². The number of hydrogen-bond donors (Lipinski definition) is 2. The summed E-state index contributed by atoms with van der Waals surface area (Å²) >= 11 is 0. The number of benzene rings is 1. The van der Waals surface area contributed by atoms with Crippen LogP contribution in [-0.2, 0) is 6.42 Å². The zero-order valence-electron chi connectivity index (χ0n) is 14.6. The van der Waals surface area contributed by atoms with Crippen molar-refractivity contribution in [2.24, 2.45) is 0 Å². The first-order valence-corrected chi connectivity index (χ1v) is 8.76. The van der Waals surface area contributed by atoms with E-state index in [-0.39, 0.29) is 0 Å². The first-order valence-electron chi connectivity index (χ1n) is 8.76. The molecule has 1 aromatic carbocycles. The van der Waals surface area contributed by atoms with Crippen molar-refractivity contribution in [3.05, 3.63) is 47.2 Å². The smallest absolute Gasteiger partial charge is 0.222 e. The van der Waals surface area contributed by atoms with Crippen LogP contribution in [0.2, 0.25) is 0 Å². The van der Waals surface area contributed by atoms with Gasteiger partial charge in [-0.15, -0.1) is 0 Å². The fourth-order valence-electron chi connectivity index (χ4n) is 3.35. The summed E-state index contributed by atoms with van der Waals surface area (Å²) in [5.41, 5.74) is 9.51. The summed E-state index contributed by atoms with van der Waals surface area (Å²) < 4.78 is 0. The van der Waals surface area contributed by atoms with Gasteiger partial charge in [-0.1, -0.05) is 24.3 Å². The lowest BCUT2D eigenvalue weighted by molar-refractivity contribution is 0.416. The Balaban J connectivity index is 1.46. The summed E-state index contributed by atoms with van der Waals surface area (Å²) in [4.78, 5) is 10.8. The third kappa shape index (κ3) is 4.23. The van der Waals surface area contributed by atoms with Gasteiger partial charge in [-0.05, 0) is 50.8 Å². The van der Waals surface area contributed by atoms with Crippen LogP contribution < -0.4 is 16.0 Å². The van der Waals surface area contributed by atoms with E-state index in [1.165, 1.54) is 11.1 Å². The number of nitrogen functional groups attached to an aromatic ring is 1. The van der Waals surface area contributed by atoms with Crippen molar-refractivity contribution >= 4 is 11.8 Å². The Morgan fingerprint density at radius 1 is 1.17 bits per heavy atom. The summed E-state index contributed by atoms with van der Waals surface area (Å²) in [6.45, 7) is 7.20. The highest BCUT2D eigenvalue weighted by Gasteiger charge is 2.20. The molecule has 1 saturated heterocycles. The number of rotatable bonds is 5. The maximum absolute atomic E-state index is 5.77. The Bertz CT molecular complexity index is 657. The Morgan fingerprint density at radius 3 is 2.62 bits per heavy atom. The lowest BCUT2D eigenvalue weighted by Gasteiger charge is -2.33. The number of anilines is 2. The monoisotopic (exact) mass is 325 g/mol. The van der Waals surface area contributed by atoms with Crippen LogP contribution >= 0.6 is 0 Å². The number of nitrogens with two attached hydrogens (primary N) is 1. The lowest BCUT2D eigenvalue weighted by atomic mass is 10.0. The molecule has 1 aliphatic heterocycles. The summed E-state index contributed by atoms with van der Waals surface area (Å²) in [5, 5.41) is 3.71. The highest BCUT2D eigenvalue weighted by atomic mass is 15.2. The van der Waals surface area contributed by atoms with E-state index in [0.29, 0.717) is 12.0 Å². The highest BCUT2D eigenvalue weighted by Crippen LogP contribution is 2.19. The molecule has 3 N–H and O–H groups in total. The standard InChI is InChI=1S/C19H27N5/c1-14-5-3-4-6-16(14)7-10-21-17-8-11-24(12-9-17)18-13-15(2)22-19(20)23-18/h3-6,13,17,21H,7-12H2,1-2H3,(H2,20,22,23). The zero-order chi connectivity index (χ0) is 16.9. The van der Waals surface area contributed by atoms with Crippen LogP contribution in [0.4, 0.5) is 11.8 Å². The van der Waals surface area contributed by atoms with Gasteiger partial charge in [-0.3, -0.25) is 0 Å². The molecule has 2 aromatic rings. The first-order chi connectivity index (χ1) is 11.6. The van der Waals surface area contributed by atoms with Crippen molar-refractivity contribution in [2.45, 2.75) is 39.2 Å². The van der Waals surface area contributed by atoms with Gasteiger partial charge in [0.2, 0.25) is 5.95 Å². The number of nitrogens with zero attached hydrogens (tertiary/aromatic N) is 3. The molecule has 0 amide bonds. The van der Waals surface area contributed by atoms with Crippen molar-refractivity contribution in [1.82, 2.24) is 15.3 Å². The van der Waals surface area contributed by atoms with Gasteiger partial charge >= 0.3 is 0 Å². The van der Waals surface area contributed by atoms with Gasteiger partial charge in [-0.25, -0.2) is 4.98 Å². The predicted octanol–water partition coefficient (Wildman–Crippen LogP) is 2.48. The third-order valence-corrected chi connectivity index (χ3v) is 4.77. The van der Waals surface area contributed by atoms with Gasteiger partial charge < -0.3 is 16.0 Å². The molecule has 128 valence electrons. The van der Waals surface area contributed by atoms with Gasteiger partial charge in [0.25, 0.3) is 0 Å². The summed E-state index contributed by atoms with van der Waals surface area (Å²) in [6, 6.07) is 11.2. The molecule has 0 saturated carbocycles. The van der Waals surface area contributed by atoms with Gasteiger partial charge in [0.1, 0.15) is 5.82 Å². The van der Waals surface area contributed by atoms with E-state index in [2.05, 4.69) is 51.4 Å². The molecule has 1 fully saturated rings. The van der Waals surface area contributed by atoms with Crippen molar-refractivity contribution in [2.75, 3.05) is 30.3 Å². The highest BCUT2D eigenvalue weighted by molar-refractivity contribution is 5.43. The Labute approximate surface area is 144 Å². The Hall–Kier alpha value is -2.14. The van der Waals surface area contributed by atoms with E-state index in [1.54, 1.807) is 0 Å². The number of aromatic nitrogens is 2. The summed E-state index contributed by atoms with van der Waals surface area (Å²) in [6.07, 6.45) is 3.36. The molecule has 0 unspecified atom stereocenters. The van der Waals surface area contributed by atoms with Gasteiger partial charge in [-0.2, -0.15) is 4.98 Å². The van der Waals surface area contributed by atoms with Crippen LogP contribution in [-0.4, -0.2) is 35.6 Å². The second-order valence-corrected chi connectivity index (χ2v) is 6.62. The molecular weight excluding hydrogens is 298 g/mol. The number of hydrogen-bond acceptors (Lipinski definition) is 5. The van der Waals surface area contributed by atoms with E-state index >= 15 is 0 Å². The van der Waals surface area contributed by atoms with Crippen LogP contribution in [0, 0.1) is 13.8 Å². The quantitative estimate of drug-likeness (QED) is 0.884. The minimum atomic E-state index is 0.364. The Morgan fingerprint density at radius 2 is 1.92 bits per heavy atom. The molecule has 2 heterocycles. The van der Waals surface area contributed by atoms with E-state index in [1.807, 2.05) is 13.0 Å².